The smallest absolute Gasteiger partial charge is 0.290 e. The Kier molecular flexibility index (Phi) is 14.1. The van der Waals surface area contributed by atoms with Crippen LogP contribution in [0.25, 0.3) is 0 Å². The average molecular weight is 546 g/mol. The van der Waals surface area contributed by atoms with Crippen molar-refractivity contribution in [2.24, 2.45) is 10.7 Å². The van der Waals surface area contributed by atoms with Crippen molar-refractivity contribution in [1.29, 1.82) is 0 Å². The third kappa shape index (κ3) is 7.61. The van der Waals surface area contributed by atoms with Crippen LogP contribution in [0.4, 0.5) is 18.9 Å². The van der Waals surface area contributed by atoms with Gasteiger partial charge in [-0.25, -0.2) is 13.2 Å². The average Bonchev–Trinajstić information content (AvgIpc) is 3.06. The molecule has 2 aliphatic rings. The largest absolute Gasteiger partial charge is 0.493 e. The first-order valence-corrected chi connectivity index (χ1v) is 11.3. The monoisotopic (exact) mass is 545 g/mol. The molecule has 0 fully saturated rings. The molecule has 3 N–H and O–H groups in total. The predicted molar refractivity (Wildman–Crippen MR) is 138 cm³/mol. The third-order valence-electron chi connectivity index (χ3n) is 5.25. The molecule has 0 saturated carbocycles. The first-order valence-electron chi connectivity index (χ1n) is 10.9. The second-order valence-corrected chi connectivity index (χ2v) is 7.55. The number of aliphatic imine (C=N–C) groups is 1. The number of amidine groups is 1. The van der Waals surface area contributed by atoms with E-state index in [-0.39, 0.29) is 13.1 Å². The summed E-state index contributed by atoms with van der Waals surface area (Å²) in [5.41, 5.74) is 8.41. The Hall–Kier alpha value is -3.28. The van der Waals surface area contributed by atoms with Gasteiger partial charge in [0.05, 0.1) is 32.1 Å². The van der Waals surface area contributed by atoms with E-state index in [1.807, 2.05) is 42.2 Å². The fourth-order valence-electron chi connectivity index (χ4n) is 3.85. The van der Waals surface area contributed by atoms with Gasteiger partial charge in [-0.2, -0.15) is 0 Å². The van der Waals surface area contributed by atoms with E-state index in [1.54, 1.807) is 20.3 Å². The topological polar surface area (TPSA) is 107 Å². The van der Waals surface area contributed by atoms with Crippen LogP contribution in [0.15, 0.2) is 52.7 Å². The van der Waals surface area contributed by atoms with Gasteiger partial charge in [-0.1, -0.05) is 23.7 Å². The Morgan fingerprint density at radius 1 is 1.19 bits per heavy atom. The number of fused-ring (bicyclic) bond motifs is 3. The number of anilines is 1. The fourth-order valence-corrected chi connectivity index (χ4v) is 4.03. The van der Waals surface area contributed by atoms with E-state index in [4.69, 9.17) is 35.7 Å². The van der Waals surface area contributed by atoms with Gasteiger partial charge in [-0.05, 0) is 43.8 Å². The number of carbonyl (C=O) groups is 1. The Bertz CT molecular complexity index is 1090. The van der Waals surface area contributed by atoms with E-state index >= 15 is 0 Å². The first kappa shape index (κ1) is 31.7. The standard InChI is InChI=1S/C22H22ClFN2O3.CH2F2.CH5N.CH2O2/c1-13-11-25-20-12-29-21(15-5-4-6-19(27-2)22(15)28-3)16-9-14(23)7-8-17(16)26(20)18(13)10-24;2-1-3;1-2;2-1-3/h4-9,21H,10-12H2,1-3H3;1H2;2H2,1H3;1H,(H,2,3)/t21-;;;/m1.../s1. The number of hydrogen-bond donors (Lipinski definition) is 2. The molecule has 0 unspecified atom stereocenters. The van der Waals surface area contributed by atoms with Gasteiger partial charge in [0.1, 0.15) is 25.2 Å². The minimum atomic E-state index is -1.75. The summed E-state index contributed by atoms with van der Waals surface area (Å²) in [6.45, 7) is 0.0117. The summed E-state index contributed by atoms with van der Waals surface area (Å²) in [4.78, 5) is 14.8. The first-order chi connectivity index (χ1) is 17.9. The maximum absolute atomic E-state index is 14.0. The number of para-hydroxylation sites is 1. The molecule has 0 radical (unpaired) electrons. The van der Waals surface area contributed by atoms with Crippen molar-refractivity contribution >= 4 is 29.6 Å². The van der Waals surface area contributed by atoms with Crippen LogP contribution >= 0.6 is 11.6 Å². The summed E-state index contributed by atoms with van der Waals surface area (Å²) in [7, 11) is 4.69. The van der Waals surface area contributed by atoms with Gasteiger partial charge in [-0.15, -0.1) is 0 Å². The molecule has 2 aromatic rings. The lowest BCUT2D eigenvalue weighted by Gasteiger charge is -2.31. The highest BCUT2D eigenvalue weighted by Gasteiger charge is 2.34. The molecule has 2 heterocycles. The SMILES string of the molecule is CN.COc1cccc([C@H]2OCC3=NCC(C)=C(CF)N3c3ccc(Cl)cc32)c1OC.FCF.O=CO. The van der Waals surface area contributed by atoms with Gasteiger partial charge in [0.15, 0.2) is 11.5 Å². The van der Waals surface area contributed by atoms with Gasteiger partial charge in [0.2, 0.25) is 6.93 Å². The van der Waals surface area contributed by atoms with Crippen molar-refractivity contribution in [2.45, 2.75) is 13.0 Å². The summed E-state index contributed by atoms with van der Waals surface area (Å²) in [5.74, 6) is 1.87. The number of nitrogens with zero attached hydrogens (tertiary/aromatic N) is 2. The quantitative estimate of drug-likeness (QED) is 0.515. The van der Waals surface area contributed by atoms with Crippen LogP contribution in [0.3, 0.4) is 0 Å². The summed E-state index contributed by atoms with van der Waals surface area (Å²) in [6, 6.07) is 11.2. The van der Waals surface area contributed by atoms with Crippen molar-refractivity contribution in [2.75, 3.05) is 52.9 Å². The van der Waals surface area contributed by atoms with E-state index in [1.165, 1.54) is 7.05 Å². The molecule has 2 aromatic carbocycles. The zero-order valence-corrected chi connectivity index (χ0v) is 21.8. The minimum absolute atomic E-state index is 0.230. The Balaban J connectivity index is 0.000000767. The minimum Gasteiger partial charge on any atom is -0.493 e. The molecule has 204 valence electrons. The molecule has 0 aliphatic carbocycles. The summed E-state index contributed by atoms with van der Waals surface area (Å²) < 4.78 is 50.6. The lowest BCUT2D eigenvalue weighted by molar-refractivity contribution is -0.122. The van der Waals surface area contributed by atoms with Crippen molar-refractivity contribution in [3.05, 3.63) is 63.8 Å². The number of alkyl halides is 3. The number of halogens is 4. The third-order valence-corrected chi connectivity index (χ3v) is 5.49. The molecule has 0 aromatic heterocycles. The van der Waals surface area contributed by atoms with Crippen LogP contribution < -0.4 is 20.1 Å². The van der Waals surface area contributed by atoms with Crippen LogP contribution in [0, 0.1) is 0 Å². The number of benzene rings is 2. The zero-order valence-electron chi connectivity index (χ0n) is 21.0. The van der Waals surface area contributed by atoms with Crippen molar-refractivity contribution in [3.8, 4) is 11.5 Å². The molecule has 0 bridgehead atoms. The van der Waals surface area contributed by atoms with Gasteiger partial charge >= 0.3 is 0 Å². The Morgan fingerprint density at radius 3 is 2.41 bits per heavy atom. The number of rotatable bonds is 4. The summed E-state index contributed by atoms with van der Waals surface area (Å²) >= 11 is 6.34. The molecule has 0 spiro atoms. The van der Waals surface area contributed by atoms with Crippen molar-refractivity contribution in [3.63, 3.8) is 0 Å². The molecule has 1 atom stereocenters. The second-order valence-electron chi connectivity index (χ2n) is 7.11. The highest BCUT2D eigenvalue weighted by atomic mass is 35.5. The van der Waals surface area contributed by atoms with E-state index in [0.717, 1.165) is 22.4 Å². The molecule has 37 heavy (non-hydrogen) atoms. The van der Waals surface area contributed by atoms with E-state index < -0.39 is 19.7 Å². The molecule has 0 amide bonds. The van der Waals surface area contributed by atoms with E-state index in [0.29, 0.717) is 34.6 Å². The van der Waals surface area contributed by atoms with Gasteiger partial charge in [0, 0.05) is 16.1 Å². The summed E-state index contributed by atoms with van der Waals surface area (Å²) in [5, 5.41) is 7.46. The van der Waals surface area contributed by atoms with Crippen LogP contribution in [0.2, 0.25) is 5.02 Å². The van der Waals surface area contributed by atoms with Crippen LogP contribution in [-0.2, 0) is 9.53 Å². The van der Waals surface area contributed by atoms with E-state index in [9.17, 15) is 13.2 Å². The van der Waals surface area contributed by atoms with Crippen LogP contribution in [-0.4, -0.2) is 65.4 Å². The second kappa shape index (κ2) is 16.5. The molecule has 8 nitrogen and oxygen atoms in total. The molecule has 0 saturated heterocycles. The molecule has 12 heteroatoms. The van der Waals surface area contributed by atoms with Gasteiger partial charge < -0.3 is 25.1 Å². The number of nitrogens with two attached hydrogens (primary N) is 1. The number of allylic oxidation sites excluding steroid dienone is 1. The Morgan fingerprint density at radius 2 is 1.84 bits per heavy atom. The summed E-state index contributed by atoms with van der Waals surface area (Å²) in [6.07, 6.45) is -0.483. The normalized spacial score (nSPS) is 15.5. The van der Waals surface area contributed by atoms with Crippen molar-refractivity contribution < 1.29 is 37.3 Å². The lowest BCUT2D eigenvalue weighted by Crippen LogP contribution is -2.37. The lowest BCUT2D eigenvalue weighted by atomic mass is 9.97. The maximum atomic E-state index is 14.0. The molecular weight excluding hydrogens is 515 g/mol. The van der Waals surface area contributed by atoms with Crippen molar-refractivity contribution in [1.82, 2.24) is 0 Å². The Labute approximate surface area is 219 Å². The highest BCUT2D eigenvalue weighted by molar-refractivity contribution is 6.30. The van der Waals surface area contributed by atoms with Crippen LogP contribution in [0.1, 0.15) is 24.2 Å². The predicted octanol–water partition coefficient (Wildman–Crippen LogP) is 5.10. The van der Waals surface area contributed by atoms with Crippen LogP contribution in [0.5, 0.6) is 11.5 Å². The molecular formula is C25H31ClF3N3O5. The number of ether oxygens (including phenoxy) is 3. The highest BCUT2D eigenvalue weighted by Crippen LogP contribution is 2.45. The van der Waals surface area contributed by atoms with Gasteiger partial charge in [0.25, 0.3) is 6.47 Å². The fraction of sp³-hybridized carbons (Fsp3) is 0.360. The number of carboxylic acid groups (broad SMARTS) is 1. The van der Waals surface area contributed by atoms with E-state index in [2.05, 4.69) is 10.7 Å². The van der Waals surface area contributed by atoms with Gasteiger partial charge in [-0.3, -0.25) is 14.7 Å². The number of hydrogen-bond acceptors (Lipinski definition) is 7. The maximum Gasteiger partial charge on any atom is 0.290 e. The molecule has 2 aliphatic heterocycles. The zero-order chi connectivity index (χ0) is 28.0. The number of methoxy groups -OCH3 is 2. The molecule has 4 rings (SSSR count).